The summed E-state index contributed by atoms with van der Waals surface area (Å²) in [5, 5.41) is 3.53. The van der Waals surface area contributed by atoms with Crippen molar-refractivity contribution in [3.05, 3.63) is 65.2 Å². The summed E-state index contributed by atoms with van der Waals surface area (Å²) in [6.07, 6.45) is 1.76. The van der Waals surface area contributed by atoms with Crippen LogP contribution < -0.4 is 5.32 Å². The van der Waals surface area contributed by atoms with Crippen molar-refractivity contribution in [3.63, 3.8) is 0 Å². The van der Waals surface area contributed by atoms with Gasteiger partial charge in [-0.25, -0.2) is 0 Å². The highest BCUT2D eigenvalue weighted by molar-refractivity contribution is 7.10. The number of amides is 1. The average molecular weight is 349 g/mol. The van der Waals surface area contributed by atoms with Crippen LogP contribution in [-0.4, -0.2) is 15.3 Å². The number of hydrogen-bond acceptors (Lipinski definition) is 4. The Morgan fingerprint density at radius 1 is 1.08 bits per heavy atom. The smallest absolute Gasteiger partial charge is 0.236 e. The normalized spacial score (nSPS) is 15.0. The Labute approximate surface area is 151 Å². The fourth-order valence-corrected chi connectivity index (χ4v) is 3.80. The second-order valence-corrected chi connectivity index (χ2v) is 7.45. The van der Waals surface area contributed by atoms with E-state index in [1.807, 2.05) is 30.3 Å². The van der Waals surface area contributed by atoms with E-state index in [2.05, 4.69) is 46.7 Å². The summed E-state index contributed by atoms with van der Waals surface area (Å²) >= 11 is 1.23. The van der Waals surface area contributed by atoms with Crippen LogP contribution in [0.4, 0.5) is 5.13 Å². The van der Waals surface area contributed by atoms with E-state index in [9.17, 15) is 4.79 Å². The third-order valence-corrected chi connectivity index (χ3v) is 5.27. The number of rotatable bonds is 4. The third kappa shape index (κ3) is 3.07. The van der Waals surface area contributed by atoms with E-state index in [1.54, 1.807) is 0 Å². The average Bonchev–Trinajstić information content (AvgIpc) is 3.29. The molecule has 0 bridgehead atoms. The van der Waals surface area contributed by atoms with E-state index in [0.717, 1.165) is 24.0 Å². The number of aryl methyl sites for hydroxylation is 2. The predicted octanol–water partition coefficient (Wildman–Crippen LogP) is 4.49. The van der Waals surface area contributed by atoms with Gasteiger partial charge in [-0.15, -0.1) is 0 Å². The van der Waals surface area contributed by atoms with Gasteiger partial charge < -0.3 is 0 Å². The zero-order valence-corrected chi connectivity index (χ0v) is 15.1. The van der Waals surface area contributed by atoms with Crippen molar-refractivity contribution in [2.24, 2.45) is 0 Å². The lowest BCUT2D eigenvalue weighted by Crippen LogP contribution is -2.28. The highest BCUT2D eigenvalue weighted by Crippen LogP contribution is 2.49. The second kappa shape index (κ2) is 6.08. The van der Waals surface area contributed by atoms with Gasteiger partial charge in [-0.2, -0.15) is 9.36 Å². The Morgan fingerprint density at radius 3 is 2.40 bits per heavy atom. The molecule has 1 heterocycles. The number of carbonyl (C=O) groups excluding carboxylic acids is 1. The molecular formula is C20H19N3OS. The van der Waals surface area contributed by atoms with Gasteiger partial charge in [-0.1, -0.05) is 59.7 Å². The fraction of sp³-hybridized carbons (Fsp3) is 0.250. The maximum absolute atomic E-state index is 12.9. The van der Waals surface area contributed by atoms with E-state index < -0.39 is 5.41 Å². The van der Waals surface area contributed by atoms with Crippen molar-refractivity contribution in [2.75, 3.05) is 5.32 Å². The summed E-state index contributed by atoms with van der Waals surface area (Å²) in [7, 11) is 0. The van der Waals surface area contributed by atoms with Crippen molar-refractivity contribution in [3.8, 4) is 11.4 Å². The van der Waals surface area contributed by atoms with Crippen molar-refractivity contribution in [1.82, 2.24) is 9.36 Å². The molecule has 2 aromatic carbocycles. The molecule has 4 rings (SSSR count). The highest BCUT2D eigenvalue weighted by atomic mass is 32.1. The standard InChI is InChI=1S/C20H19N3OS/c1-13-10-14(2)12-16(11-13)20(8-9-20)18(24)22-19-21-17(23-25-19)15-6-4-3-5-7-15/h3-7,10-12H,8-9H2,1-2H3,(H,21,22,23,24). The molecule has 1 fully saturated rings. The molecule has 126 valence electrons. The van der Waals surface area contributed by atoms with Crippen LogP contribution in [-0.2, 0) is 10.2 Å². The van der Waals surface area contributed by atoms with E-state index in [1.165, 1.54) is 22.7 Å². The van der Waals surface area contributed by atoms with Crippen molar-refractivity contribution in [2.45, 2.75) is 32.1 Å². The van der Waals surface area contributed by atoms with Gasteiger partial charge in [0.05, 0.1) is 5.41 Å². The first kappa shape index (κ1) is 16.0. The third-order valence-electron chi connectivity index (χ3n) is 4.64. The van der Waals surface area contributed by atoms with Gasteiger partial charge in [0, 0.05) is 17.1 Å². The van der Waals surface area contributed by atoms with Crippen LogP contribution in [0.1, 0.15) is 29.5 Å². The van der Waals surface area contributed by atoms with E-state index in [4.69, 9.17) is 0 Å². The lowest BCUT2D eigenvalue weighted by Gasteiger charge is -2.16. The van der Waals surface area contributed by atoms with Gasteiger partial charge >= 0.3 is 0 Å². The summed E-state index contributed by atoms with van der Waals surface area (Å²) in [5.41, 5.74) is 4.03. The Balaban J connectivity index is 1.55. The molecule has 1 amide bonds. The Hall–Kier alpha value is -2.53. The van der Waals surface area contributed by atoms with Crippen LogP contribution >= 0.6 is 11.5 Å². The van der Waals surface area contributed by atoms with Gasteiger partial charge in [0.2, 0.25) is 11.0 Å². The lowest BCUT2D eigenvalue weighted by molar-refractivity contribution is -0.118. The first-order valence-electron chi connectivity index (χ1n) is 8.36. The first-order chi connectivity index (χ1) is 12.1. The van der Waals surface area contributed by atoms with E-state index in [0.29, 0.717) is 11.0 Å². The summed E-state index contributed by atoms with van der Waals surface area (Å²) in [5.74, 6) is 0.672. The van der Waals surface area contributed by atoms with Crippen molar-refractivity contribution in [1.29, 1.82) is 0 Å². The molecular weight excluding hydrogens is 330 g/mol. The number of nitrogens with zero attached hydrogens (tertiary/aromatic N) is 2. The number of carbonyl (C=O) groups is 1. The van der Waals surface area contributed by atoms with E-state index >= 15 is 0 Å². The molecule has 0 atom stereocenters. The zero-order valence-electron chi connectivity index (χ0n) is 14.2. The zero-order chi connectivity index (χ0) is 17.4. The molecule has 3 aromatic rings. The van der Waals surface area contributed by atoms with Crippen LogP contribution in [0.15, 0.2) is 48.5 Å². The number of aromatic nitrogens is 2. The largest absolute Gasteiger partial charge is 0.300 e. The molecule has 0 radical (unpaired) electrons. The fourth-order valence-electron chi connectivity index (χ4n) is 3.22. The lowest BCUT2D eigenvalue weighted by atomic mass is 9.92. The van der Waals surface area contributed by atoms with Gasteiger partial charge in [-0.3, -0.25) is 10.1 Å². The van der Waals surface area contributed by atoms with Gasteiger partial charge in [-0.05, 0) is 32.3 Å². The minimum absolute atomic E-state index is 0.0215. The SMILES string of the molecule is Cc1cc(C)cc(C2(C(=O)Nc3nc(-c4ccccc4)ns3)CC2)c1. The van der Waals surface area contributed by atoms with Crippen LogP contribution in [0.25, 0.3) is 11.4 Å². The molecule has 0 saturated heterocycles. The first-order valence-corrected chi connectivity index (χ1v) is 9.13. The minimum Gasteiger partial charge on any atom is -0.300 e. The van der Waals surface area contributed by atoms with E-state index in [-0.39, 0.29) is 5.91 Å². The Morgan fingerprint density at radius 2 is 1.76 bits per heavy atom. The van der Waals surface area contributed by atoms with Gasteiger partial charge in [0.15, 0.2) is 5.82 Å². The quantitative estimate of drug-likeness (QED) is 0.755. The molecule has 1 saturated carbocycles. The predicted molar refractivity (Wildman–Crippen MR) is 101 cm³/mol. The molecule has 1 N–H and O–H groups in total. The highest BCUT2D eigenvalue weighted by Gasteiger charge is 2.51. The summed E-state index contributed by atoms with van der Waals surface area (Å²) in [6, 6.07) is 16.2. The molecule has 1 aliphatic rings. The molecule has 0 aliphatic heterocycles. The number of hydrogen-bond donors (Lipinski definition) is 1. The number of anilines is 1. The molecule has 25 heavy (non-hydrogen) atoms. The topological polar surface area (TPSA) is 54.9 Å². The molecule has 4 nitrogen and oxygen atoms in total. The molecule has 1 aliphatic carbocycles. The van der Waals surface area contributed by atoms with Crippen LogP contribution in [0.3, 0.4) is 0 Å². The number of nitrogens with one attached hydrogen (secondary N) is 1. The summed E-state index contributed by atoms with van der Waals surface area (Å²) < 4.78 is 4.36. The Bertz CT molecular complexity index is 909. The summed E-state index contributed by atoms with van der Waals surface area (Å²) in [6.45, 7) is 4.14. The molecule has 5 heteroatoms. The molecule has 0 spiro atoms. The molecule has 1 aromatic heterocycles. The second-order valence-electron chi connectivity index (χ2n) is 6.70. The monoisotopic (exact) mass is 349 g/mol. The Kier molecular flexibility index (Phi) is 3.88. The van der Waals surface area contributed by atoms with Gasteiger partial charge in [0.1, 0.15) is 0 Å². The van der Waals surface area contributed by atoms with Crippen molar-refractivity contribution < 1.29 is 4.79 Å². The maximum Gasteiger partial charge on any atom is 0.236 e. The van der Waals surface area contributed by atoms with Gasteiger partial charge in [0.25, 0.3) is 0 Å². The van der Waals surface area contributed by atoms with Crippen molar-refractivity contribution >= 4 is 22.6 Å². The van der Waals surface area contributed by atoms with Crippen LogP contribution in [0.2, 0.25) is 0 Å². The van der Waals surface area contributed by atoms with Crippen LogP contribution in [0.5, 0.6) is 0 Å². The van der Waals surface area contributed by atoms with Crippen LogP contribution in [0, 0.1) is 13.8 Å². The summed E-state index contributed by atoms with van der Waals surface area (Å²) in [4.78, 5) is 17.4. The number of benzene rings is 2. The maximum atomic E-state index is 12.9. The minimum atomic E-state index is -0.407. The molecule has 0 unspecified atom stereocenters.